The van der Waals surface area contributed by atoms with Gasteiger partial charge in [0.15, 0.2) is 0 Å². The summed E-state index contributed by atoms with van der Waals surface area (Å²) in [5, 5.41) is 0. The SMILES string of the molecule is Cc1ccncc1CNS(=O)(=O)c1c(N)cccc1F. The maximum Gasteiger partial charge on any atom is 0.245 e. The molecule has 0 spiro atoms. The van der Waals surface area contributed by atoms with E-state index in [1.165, 1.54) is 12.1 Å². The average molecular weight is 295 g/mol. The van der Waals surface area contributed by atoms with Crippen LogP contribution in [0.15, 0.2) is 41.6 Å². The van der Waals surface area contributed by atoms with E-state index in [9.17, 15) is 12.8 Å². The molecule has 0 radical (unpaired) electrons. The summed E-state index contributed by atoms with van der Waals surface area (Å²) >= 11 is 0. The summed E-state index contributed by atoms with van der Waals surface area (Å²) in [5.74, 6) is -0.875. The number of nitrogens with two attached hydrogens (primary N) is 1. The number of hydrogen-bond acceptors (Lipinski definition) is 4. The molecule has 0 saturated heterocycles. The molecular formula is C13H14FN3O2S. The Morgan fingerprint density at radius 3 is 2.75 bits per heavy atom. The fourth-order valence-electron chi connectivity index (χ4n) is 1.74. The van der Waals surface area contributed by atoms with Crippen LogP contribution in [0.5, 0.6) is 0 Å². The molecule has 2 rings (SSSR count). The summed E-state index contributed by atoms with van der Waals surface area (Å²) in [5.41, 5.74) is 7.02. The van der Waals surface area contributed by atoms with Crippen LogP contribution in [0.2, 0.25) is 0 Å². The van der Waals surface area contributed by atoms with Crippen molar-refractivity contribution in [3.63, 3.8) is 0 Å². The minimum absolute atomic E-state index is 0.0236. The van der Waals surface area contributed by atoms with E-state index < -0.39 is 20.7 Å². The van der Waals surface area contributed by atoms with E-state index in [-0.39, 0.29) is 12.2 Å². The lowest BCUT2D eigenvalue weighted by atomic mass is 10.2. The van der Waals surface area contributed by atoms with Gasteiger partial charge in [0.05, 0.1) is 5.69 Å². The van der Waals surface area contributed by atoms with Crippen molar-refractivity contribution in [1.82, 2.24) is 9.71 Å². The number of hydrogen-bond donors (Lipinski definition) is 2. The molecule has 0 atom stereocenters. The first-order chi connectivity index (χ1) is 9.42. The number of halogens is 1. The van der Waals surface area contributed by atoms with Gasteiger partial charge in [0.2, 0.25) is 10.0 Å². The van der Waals surface area contributed by atoms with Gasteiger partial charge in [0.1, 0.15) is 10.7 Å². The first kappa shape index (κ1) is 14.4. The number of nitrogens with zero attached hydrogens (tertiary/aromatic N) is 1. The second-order valence-corrected chi connectivity index (χ2v) is 5.99. The summed E-state index contributed by atoms with van der Waals surface area (Å²) in [4.78, 5) is 3.39. The van der Waals surface area contributed by atoms with Crippen LogP contribution >= 0.6 is 0 Å². The van der Waals surface area contributed by atoms with Gasteiger partial charge in [-0.3, -0.25) is 4.98 Å². The minimum atomic E-state index is -4.01. The maximum absolute atomic E-state index is 13.6. The molecule has 1 aromatic carbocycles. The highest BCUT2D eigenvalue weighted by molar-refractivity contribution is 7.89. The first-order valence-corrected chi connectivity index (χ1v) is 7.33. The van der Waals surface area contributed by atoms with Crippen LogP contribution in [0.3, 0.4) is 0 Å². The van der Waals surface area contributed by atoms with Gasteiger partial charge in [-0.15, -0.1) is 0 Å². The number of anilines is 1. The lowest BCUT2D eigenvalue weighted by Crippen LogP contribution is -2.25. The van der Waals surface area contributed by atoms with E-state index >= 15 is 0 Å². The molecule has 0 saturated carbocycles. The van der Waals surface area contributed by atoms with Crippen molar-refractivity contribution < 1.29 is 12.8 Å². The number of benzene rings is 1. The molecular weight excluding hydrogens is 281 g/mol. The minimum Gasteiger partial charge on any atom is -0.398 e. The van der Waals surface area contributed by atoms with Crippen LogP contribution in [0.4, 0.5) is 10.1 Å². The molecule has 0 unspecified atom stereocenters. The Morgan fingerprint density at radius 2 is 2.10 bits per heavy atom. The topological polar surface area (TPSA) is 85.1 Å². The second-order valence-electron chi connectivity index (χ2n) is 4.28. The van der Waals surface area contributed by atoms with E-state index in [0.717, 1.165) is 11.6 Å². The number of aromatic nitrogens is 1. The normalized spacial score (nSPS) is 11.5. The monoisotopic (exact) mass is 295 g/mol. The summed E-state index contributed by atoms with van der Waals surface area (Å²) in [6, 6.07) is 5.52. The molecule has 7 heteroatoms. The van der Waals surface area contributed by atoms with Gasteiger partial charge in [-0.25, -0.2) is 17.5 Å². The molecule has 2 aromatic rings. The van der Waals surface area contributed by atoms with Gasteiger partial charge in [-0.1, -0.05) is 6.07 Å². The van der Waals surface area contributed by atoms with Crippen LogP contribution in [-0.4, -0.2) is 13.4 Å². The lowest BCUT2D eigenvalue weighted by molar-refractivity contribution is 0.558. The Labute approximate surface area is 116 Å². The molecule has 0 bridgehead atoms. The van der Waals surface area contributed by atoms with Crippen molar-refractivity contribution >= 4 is 15.7 Å². The zero-order valence-electron chi connectivity index (χ0n) is 10.8. The standard InChI is InChI=1S/C13H14FN3O2S/c1-9-5-6-16-7-10(9)8-17-20(18,19)13-11(14)3-2-4-12(13)15/h2-7,17H,8,15H2,1H3. The van der Waals surface area contributed by atoms with E-state index in [1.807, 2.05) is 6.92 Å². The Hall–Kier alpha value is -1.99. The zero-order chi connectivity index (χ0) is 14.8. The van der Waals surface area contributed by atoms with Crippen LogP contribution in [-0.2, 0) is 16.6 Å². The van der Waals surface area contributed by atoms with E-state index in [0.29, 0.717) is 5.56 Å². The smallest absolute Gasteiger partial charge is 0.245 e. The van der Waals surface area contributed by atoms with Gasteiger partial charge < -0.3 is 5.73 Å². The third kappa shape index (κ3) is 2.94. The Morgan fingerprint density at radius 1 is 1.35 bits per heavy atom. The van der Waals surface area contributed by atoms with Crippen molar-refractivity contribution in [2.45, 2.75) is 18.4 Å². The Kier molecular flexibility index (Phi) is 4.01. The Balaban J connectivity index is 2.27. The summed E-state index contributed by atoms with van der Waals surface area (Å²) in [6.07, 6.45) is 3.17. The highest BCUT2D eigenvalue weighted by Gasteiger charge is 2.21. The molecule has 5 nitrogen and oxygen atoms in total. The number of nitrogen functional groups attached to an aromatic ring is 1. The number of rotatable bonds is 4. The molecule has 1 aromatic heterocycles. The number of sulfonamides is 1. The van der Waals surface area contributed by atoms with Crippen molar-refractivity contribution in [3.05, 3.63) is 53.6 Å². The number of aryl methyl sites for hydroxylation is 1. The average Bonchev–Trinajstić information content (AvgIpc) is 2.37. The van der Waals surface area contributed by atoms with Crippen LogP contribution < -0.4 is 10.5 Å². The van der Waals surface area contributed by atoms with Gasteiger partial charge in [-0.2, -0.15) is 0 Å². The third-order valence-corrected chi connectivity index (χ3v) is 4.36. The fourth-order valence-corrected chi connectivity index (χ4v) is 2.93. The van der Waals surface area contributed by atoms with Gasteiger partial charge in [-0.05, 0) is 36.2 Å². The second kappa shape index (κ2) is 5.56. The predicted octanol–water partition coefficient (Wildman–Crippen LogP) is 1.59. The molecule has 0 aliphatic rings. The first-order valence-electron chi connectivity index (χ1n) is 5.85. The number of nitrogens with one attached hydrogen (secondary N) is 1. The molecule has 20 heavy (non-hydrogen) atoms. The highest BCUT2D eigenvalue weighted by atomic mass is 32.2. The van der Waals surface area contributed by atoms with Crippen LogP contribution in [0, 0.1) is 12.7 Å². The van der Waals surface area contributed by atoms with Crippen LogP contribution in [0.25, 0.3) is 0 Å². The van der Waals surface area contributed by atoms with Gasteiger partial charge in [0, 0.05) is 18.9 Å². The molecule has 1 heterocycles. The molecule has 0 aliphatic heterocycles. The number of pyridine rings is 1. The maximum atomic E-state index is 13.6. The largest absolute Gasteiger partial charge is 0.398 e. The van der Waals surface area contributed by atoms with Gasteiger partial charge in [0.25, 0.3) is 0 Å². The van der Waals surface area contributed by atoms with E-state index in [1.54, 1.807) is 18.5 Å². The van der Waals surface area contributed by atoms with Gasteiger partial charge >= 0.3 is 0 Å². The molecule has 0 fully saturated rings. The molecule has 3 N–H and O–H groups in total. The van der Waals surface area contributed by atoms with E-state index in [4.69, 9.17) is 5.73 Å². The highest BCUT2D eigenvalue weighted by Crippen LogP contribution is 2.21. The Bertz CT molecular complexity index is 712. The van der Waals surface area contributed by atoms with Crippen molar-refractivity contribution in [1.29, 1.82) is 0 Å². The zero-order valence-corrected chi connectivity index (χ0v) is 11.6. The van der Waals surface area contributed by atoms with Crippen molar-refractivity contribution in [3.8, 4) is 0 Å². The summed E-state index contributed by atoms with van der Waals surface area (Å²) in [7, 11) is -4.01. The predicted molar refractivity (Wildman–Crippen MR) is 73.8 cm³/mol. The molecule has 106 valence electrons. The molecule has 0 amide bonds. The summed E-state index contributed by atoms with van der Waals surface area (Å²) < 4.78 is 40.2. The van der Waals surface area contributed by atoms with Crippen molar-refractivity contribution in [2.24, 2.45) is 0 Å². The van der Waals surface area contributed by atoms with Crippen LogP contribution in [0.1, 0.15) is 11.1 Å². The van der Waals surface area contributed by atoms with Crippen molar-refractivity contribution in [2.75, 3.05) is 5.73 Å². The molecule has 0 aliphatic carbocycles. The third-order valence-electron chi connectivity index (χ3n) is 2.87. The quantitative estimate of drug-likeness (QED) is 0.839. The summed E-state index contributed by atoms with van der Waals surface area (Å²) in [6.45, 7) is 1.86. The lowest BCUT2D eigenvalue weighted by Gasteiger charge is -2.10. The van der Waals surface area contributed by atoms with E-state index in [2.05, 4.69) is 9.71 Å². The fraction of sp³-hybridized carbons (Fsp3) is 0.154.